The second-order valence-corrected chi connectivity index (χ2v) is 4.60. The highest BCUT2D eigenvalue weighted by molar-refractivity contribution is 5.27. The van der Waals surface area contributed by atoms with Crippen molar-refractivity contribution >= 4 is 0 Å². The van der Waals surface area contributed by atoms with Crippen molar-refractivity contribution < 1.29 is 4.74 Å². The van der Waals surface area contributed by atoms with Crippen molar-refractivity contribution in [3.8, 4) is 5.75 Å². The molecule has 2 aromatic rings. The zero-order valence-corrected chi connectivity index (χ0v) is 11.3. The molecule has 0 amide bonds. The van der Waals surface area contributed by atoms with Crippen LogP contribution in [-0.4, -0.2) is 32.9 Å². The Labute approximate surface area is 112 Å². The summed E-state index contributed by atoms with van der Waals surface area (Å²) in [5, 5.41) is 11.6. The first-order valence-corrected chi connectivity index (χ1v) is 6.39. The molecule has 6 nitrogen and oxygen atoms in total. The number of nitrogens with zero attached hydrogens (tertiary/aromatic N) is 4. The van der Waals surface area contributed by atoms with Crippen LogP contribution < -0.4 is 10.5 Å². The maximum Gasteiger partial charge on any atom is 0.152 e. The Kier molecular flexibility index (Phi) is 4.46. The first-order valence-electron chi connectivity index (χ1n) is 6.39. The lowest BCUT2D eigenvalue weighted by atomic mass is 10.2. The molecule has 1 aromatic heterocycles. The number of rotatable bonds is 6. The third-order valence-corrected chi connectivity index (χ3v) is 2.60. The molecule has 1 heterocycles. The Hall–Kier alpha value is -1.95. The first-order chi connectivity index (χ1) is 9.19. The molecule has 0 aliphatic carbocycles. The Morgan fingerprint density at radius 3 is 2.63 bits per heavy atom. The van der Waals surface area contributed by atoms with Crippen LogP contribution in [0.25, 0.3) is 0 Å². The average molecular weight is 261 g/mol. The number of benzene rings is 1. The SMILES string of the molecule is CC(C)Oc1ccc(Cn2nnnc2CCN)cc1. The van der Waals surface area contributed by atoms with E-state index in [-0.39, 0.29) is 6.10 Å². The van der Waals surface area contributed by atoms with Gasteiger partial charge in [-0.15, -0.1) is 5.10 Å². The van der Waals surface area contributed by atoms with E-state index in [0.717, 1.165) is 17.1 Å². The molecule has 0 fully saturated rings. The smallest absolute Gasteiger partial charge is 0.152 e. The first kappa shape index (κ1) is 13.5. The normalized spacial score (nSPS) is 10.9. The highest BCUT2D eigenvalue weighted by Crippen LogP contribution is 2.14. The summed E-state index contributed by atoms with van der Waals surface area (Å²) in [5.74, 6) is 1.68. The summed E-state index contributed by atoms with van der Waals surface area (Å²) >= 11 is 0. The van der Waals surface area contributed by atoms with Gasteiger partial charge in [-0.1, -0.05) is 12.1 Å². The van der Waals surface area contributed by atoms with Gasteiger partial charge >= 0.3 is 0 Å². The molecule has 19 heavy (non-hydrogen) atoms. The molecule has 0 radical (unpaired) electrons. The summed E-state index contributed by atoms with van der Waals surface area (Å²) in [5.41, 5.74) is 6.65. The van der Waals surface area contributed by atoms with Gasteiger partial charge in [0.1, 0.15) is 5.75 Å². The molecule has 0 atom stereocenters. The lowest BCUT2D eigenvalue weighted by Gasteiger charge is -2.10. The average Bonchev–Trinajstić information content (AvgIpc) is 2.79. The van der Waals surface area contributed by atoms with Gasteiger partial charge in [-0.3, -0.25) is 0 Å². The monoisotopic (exact) mass is 261 g/mol. The van der Waals surface area contributed by atoms with Crippen LogP contribution in [0.3, 0.4) is 0 Å². The summed E-state index contributed by atoms with van der Waals surface area (Å²) in [4.78, 5) is 0. The number of nitrogens with two attached hydrogens (primary N) is 1. The predicted molar refractivity (Wildman–Crippen MR) is 71.9 cm³/mol. The number of tetrazole rings is 1. The highest BCUT2D eigenvalue weighted by atomic mass is 16.5. The van der Waals surface area contributed by atoms with Gasteiger partial charge in [0.05, 0.1) is 12.6 Å². The van der Waals surface area contributed by atoms with Crippen molar-refractivity contribution in [2.75, 3.05) is 6.54 Å². The van der Waals surface area contributed by atoms with E-state index in [9.17, 15) is 0 Å². The molecular formula is C13H19N5O. The van der Waals surface area contributed by atoms with E-state index >= 15 is 0 Å². The molecule has 0 saturated carbocycles. The van der Waals surface area contributed by atoms with Gasteiger partial charge in [-0.2, -0.15) is 0 Å². The molecule has 0 bridgehead atoms. The van der Waals surface area contributed by atoms with Gasteiger partial charge in [0.25, 0.3) is 0 Å². The Morgan fingerprint density at radius 1 is 1.26 bits per heavy atom. The number of ether oxygens (including phenoxy) is 1. The molecule has 0 aliphatic heterocycles. The molecule has 0 unspecified atom stereocenters. The van der Waals surface area contributed by atoms with Crippen LogP contribution in [0.5, 0.6) is 5.75 Å². The molecule has 0 aliphatic rings. The topological polar surface area (TPSA) is 78.8 Å². The van der Waals surface area contributed by atoms with Gasteiger partial charge in [-0.25, -0.2) is 4.68 Å². The Bertz CT molecular complexity index is 506. The Morgan fingerprint density at radius 2 is 2.00 bits per heavy atom. The zero-order valence-electron chi connectivity index (χ0n) is 11.3. The maximum absolute atomic E-state index is 5.60. The van der Waals surface area contributed by atoms with Crippen molar-refractivity contribution in [3.05, 3.63) is 35.7 Å². The number of aromatic nitrogens is 4. The molecule has 1 aromatic carbocycles. The van der Waals surface area contributed by atoms with E-state index in [1.807, 2.05) is 38.1 Å². The minimum absolute atomic E-state index is 0.182. The number of hydrogen-bond donors (Lipinski definition) is 1. The van der Waals surface area contributed by atoms with Crippen molar-refractivity contribution in [3.63, 3.8) is 0 Å². The zero-order chi connectivity index (χ0) is 13.7. The van der Waals surface area contributed by atoms with Crippen molar-refractivity contribution in [2.45, 2.75) is 32.9 Å². The van der Waals surface area contributed by atoms with Crippen LogP contribution in [0.1, 0.15) is 25.2 Å². The van der Waals surface area contributed by atoms with Gasteiger partial charge < -0.3 is 10.5 Å². The third kappa shape index (κ3) is 3.75. The van der Waals surface area contributed by atoms with Gasteiger partial charge in [-0.05, 0) is 48.5 Å². The third-order valence-electron chi connectivity index (χ3n) is 2.60. The van der Waals surface area contributed by atoms with Crippen molar-refractivity contribution in [2.24, 2.45) is 5.73 Å². The number of hydrogen-bond acceptors (Lipinski definition) is 5. The summed E-state index contributed by atoms with van der Waals surface area (Å²) in [7, 11) is 0. The molecule has 6 heteroatoms. The van der Waals surface area contributed by atoms with Crippen LogP contribution in [0.4, 0.5) is 0 Å². The molecule has 2 rings (SSSR count). The summed E-state index contributed by atoms with van der Waals surface area (Å²) in [6, 6.07) is 7.96. The second-order valence-electron chi connectivity index (χ2n) is 4.60. The summed E-state index contributed by atoms with van der Waals surface area (Å²) in [6.07, 6.45) is 0.864. The van der Waals surface area contributed by atoms with Crippen LogP contribution in [0.2, 0.25) is 0 Å². The van der Waals surface area contributed by atoms with E-state index in [4.69, 9.17) is 10.5 Å². The standard InChI is InChI=1S/C13H19N5O/c1-10(2)19-12-5-3-11(4-6-12)9-18-13(7-8-14)15-16-17-18/h3-6,10H,7-9,14H2,1-2H3. The lowest BCUT2D eigenvalue weighted by Crippen LogP contribution is -2.12. The second kappa shape index (κ2) is 6.29. The largest absolute Gasteiger partial charge is 0.491 e. The van der Waals surface area contributed by atoms with E-state index in [2.05, 4.69) is 15.5 Å². The molecular weight excluding hydrogens is 242 g/mol. The molecule has 0 spiro atoms. The van der Waals surface area contributed by atoms with Crippen molar-refractivity contribution in [1.82, 2.24) is 20.2 Å². The predicted octanol–water partition coefficient (Wildman–Crippen LogP) is 1.01. The van der Waals surface area contributed by atoms with Gasteiger partial charge in [0.15, 0.2) is 5.82 Å². The summed E-state index contributed by atoms with van der Waals surface area (Å²) in [6.45, 7) is 5.20. The van der Waals surface area contributed by atoms with Crippen LogP contribution >= 0.6 is 0 Å². The molecule has 0 saturated heterocycles. The van der Waals surface area contributed by atoms with Gasteiger partial charge in [0, 0.05) is 6.42 Å². The maximum atomic E-state index is 5.60. The molecule has 102 valence electrons. The van der Waals surface area contributed by atoms with Gasteiger partial charge in [0.2, 0.25) is 0 Å². The fourth-order valence-electron chi connectivity index (χ4n) is 1.77. The lowest BCUT2D eigenvalue weighted by molar-refractivity contribution is 0.242. The fourth-order valence-corrected chi connectivity index (χ4v) is 1.77. The van der Waals surface area contributed by atoms with Crippen LogP contribution in [-0.2, 0) is 13.0 Å². The molecule has 2 N–H and O–H groups in total. The Balaban J connectivity index is 2.04. The van der Waals surface area contributed by atoms with E-state index in [1.165, 1.54) is 0 Å². The van der Waals surface area contributed by atoms with Crippen molar-refractivity contribution in [1.29, 1.82) is 0 Å². The highest BCUT2D eigenvalue weighted by Gasteiger charge is 2.06. The summed E-state index contributed by atoms with van der Waals surface area (Å²) < 4.78 is 7.37. The van der Waals surface area contributed by atoms with E-state index in [0.29, 0.717) is 19.5 Å². The minimum atomic E-state index is 0.182. The minimum Gasteiger partial charge on any atom is -0.491 e. The van der Waals surface area contributed by atoms with Crippen LogP contribution in [0.15, 0.2) is 24.3 Å². The van der Waals surface area contributed by atoms with Crippen LogP contribution in [0, 0.1) is 0 Å². The fraction of sp³-hybridized carbons (Fsp3) is 0.462. The quantitative estimate of drug-likeness (QED) is 0.839. The van der Waals surface area contributed by atoms with E-state index in [1.54, 1.807) is 4.68 Å². The van der Waals surface area contributed by atoms with E-state index < -0.39 is 0 Å².